The second-order valence-corrected chi connectivity index (χ2v) is 20.0. The van der Waals surface area contributed by atoms with Gasteiger partial charge in [0, 0.05) is 67.0 Å². The lowest BCUT2D eigenvalue weighted by Gasteiger charge is -2.31. The molecule has 4 nitrogen and oxygen atoms in total. The monoisotopic (exact) mass is 947 g/mol. The van der Waals surface area contributed by atoms with Gasteiger partial charge in [-0.25, -0.2) is 0 Å². The molecule has 11 aromatic carbocycles. The largest absolute Gasteiger partial charge is 0.456 e. The van der Waals surface area contributed by atoms with Crippen LogP contribution in [0.3, 0.4) is 0 Å². The molecule has 4 heteroatoms. The van der Waals surface area contributed by atoms with E-state index in [4.69, 9.17) is 9.40 Å². The van der Waals surface area contributed by atoms with E-state index in [1.807, 2.05) is 24.4 Å². The quantitative estimate of drug-likeness (QED) is 0.135. The molecule has 74 heavy (non-hydrogen) atoms. The average Bonchev–Trinajstić information content (AvgIpc) is 3.94. The molecule has 2 aromatic heterocycles. The maximum Gasteiger partial charge on any atom is 0.135 e. The highest BCUT2D eigenvalue weighted by molar-refractivity contribution is 6.13. The Morgan fingerprint density at radius 3 is 1.69 bits per heavy atom. The van der Waals surface area contributed by atoms with Gasteiger partial charge in [0.1, 0.15) is 11.2 Å². The van der Waals surface area contributed by atoms with Crippen LogP contribution in [0.15, 0.2) is 265 Å². The van der Waals surface area contributed by atoms with Gasteiger partial charge in [0.15, 0.2) is 0 Å². The Kier molecular flexibility index (Phi) is 10.2. The molecule has 0 aliphatic heterocycles. The van der Waals surface area contributed by atoms with E-state index in [2.05, 4.69) is 260 Å². The number of fused-ring (bicyclic) bond motifs is 9. The Bertz CT molecular complexity index is 4290. The van der Waals surface area contributed by atoms with Gasteiger partial charge in [-0.1, -0.05) is 166 Å². The molecule has 0 bridgehead atoms. The van der Waals surface area contributed by atoms with Crippen LogP contribution in [0.4, 0.5) is 34.1 Å². The first-order valence-electron chi connectivity index (χ1n) is 25.4. The molecule has 1 aliphatic rings. The molecule has 0 spiro atoms. The first-order valence-corrected chi connectivity index (χ1v) is 25.4. The van der Waals surface area contributed by atoms with Crippen molar-refractivity contribution in [3.8, 4) is 44.5 Å². The summed E-state index contributed by atoms with van der Waals surface area (Å²) in [6, 6.07) is 92.6. The van der Waals surface area contributed by atoms with Crippen LogP contribution in [0.5, 0.6) is 0 Å². The van der Waals surface area contributed by atoms with Gasteiger partial charge in [-0.05, 0) is 159 Å². The van der Waals surface area contributed by atoms with Gasteiger partial charge in [-0.2, -0.15) is 0 Å². The summed E-state index contributed by atoms with van der Waals surface area (Å²) in [7, 11) is 0. The first kappa shape index (κ1) is 43.3. The summed E-state index contributed by atoms with van der Waals surface area (Å²) in [6.45, 7) is 4.69. The maximum absolute atomic E-state index is 6.34. The standard InChI is InChI=1S/C70H49N3O/c1-70(2)64-30-16-14-26-58(64)62-45-55(33-34-65(62)70)72(53-22-8-4-9-23-53)56-40-52(41-57(44-56)73(54-24-10-5-11-25-54)66-43-48-21-18-36-71-69(48)61-29-13-12-27-59(61)66)51-38-49(46-19-6-3-7-20-46)37-50(39-51)47-32-35-68-63(42-47)60-28-15-17-31-67(60)74-68/h3-45H,1-2H3. The summed E-state index contributed by atoms with van der Waals surface area (Å²) in [6.07, 6.45) is 1.89. The van der Waals surface area contributed by atoms with E-state index in [9.17, 15) is 0 Å². The SMILES string of the molecule is CC1(C)c2ccccc2-c2cc(N(c3ccccc3)c3cc(-c4cc(-c5ccccc5)cc(-c5ccc6oc7ccccc7c6c5)c4)cc(N(c4ccccc4)c4cc5cccnc5c5ccccc45)c3)ccc21. The number of benzene rings is 11. The lowest BCUT2D eigenvalue weighted by molar-refractivity contribution is 0.660. The zero-order chi connectivity index (χ0) is 49.3. The van der Waals surface area contributed by atoms with E-state index in [0.29, 0.717) is 0 Å². The minimum atomic E-state index is -0.125. The number of anilines is 6. The number of hydrogen-bond acceptors (Lipinski definition) is 4. The molecule has 0 saturated carbocycles. The van der Waals surface area contributed by atoms with Gasteiger partial charge in [-0.15, -0.1) is 0 Å². The number of aromatic nitrogens is 1. The molecule has 2 heterocycles. The van der Waals surface area contributed by atoms with Crippen LogP contribution in [0.2, 0.25) is 0 Å². The van der Waals surface area contributed by atoms with E-state index in [-0.39, 0.29) is 5.41 Å². The van der Waals surface area contributed by atoms with Gasteiger partial charge >= 0.3 is 0 Å². The van der Waals surface area contributed by atoms with Crippen LogP contribution in [0.25, 0.3) is 88.1 Å². The number of furan rings is 1. The average molecular weight is 948 g/mol. The molecule has 0 N–H and O–H groups in total. The fraction of sp³-hybridized carbons (Fsp3) is 0.0429. The lowest BCUT2D eigenvalue weighted by atomic mass is 9.82. The lowest BCUT2D eigenvalue weighted by Crippen LogP contribution is -2.16. The fourth-order valence-corrected chi connectivity index (χ4v) is 11.6. The summed E-state index contributed by atoms with van der Waals surface area (Å²) in [5.74, 6) is 0. The molecule has 14 rings (SSSR count). The minimum Gasteiger partial charge on any atom is -0.456 e. The van der Waals surface area contributed by atoms with E-state index in [1.54, 1.807) is 0 Å². The van der Waals surface area contributed by atoms with Gasteiger partial charge in [0.2, 0.25) is 0 Å². The van der Waals surface area contributed by atoms with Crippen LogP contribution in [-0.2, 0) is 5.41 Å². The van der Waals surface area contributed by atoms with E-state index in [1.165, 1.54) is 22.3 Å². The third-order valence-electron chi connectivity index (χ3n) is 15.2. The summed E-state index contributed by atoms with van der Waals surface area (Å²) in [5, 5.41) is 5.51. The van der Waals surface area contributed by atoms with Gasteiger partial charge in [-0.3, -0.25) is 4.98 Å². The fourth-order valence-electron chi connectivity index (χ4n) is 11.6. The Morgan fingerprint density at radius 1 is 0.338 bits per heavy atom. The molecule has 13 aromatic rings. The molecule has 1 aliphatic carbocycles. The topological polar surface area (TPSA) is 32.5 Å². The van der Waals surface area contributed by atoms with Crippen molar-refractivity contribution in [1.82, 2.24) is 4.98 Å². The Balaban J connectivity index is 1.06. The number of rotatable bonds is 9. The maximum atomic E-state index is 6.34. The predicted molar refractivity (Wildman–Crippen MR) is 310 cm³/mol. The molecule has 0 fully saturated rings. The van der Waals surface area contributed by atoms with Crippen LogP contribution < -0.4 is 9.80 Å². The van der Waals surface area contributed by atoms with Gasteiger partial charge < -0.3 is 14.2 Å². The highest BCUT2D eigenvalue weighted by atomic mass is 16.3. The Hall–Kier alpha value is -9.51. The Labute approximate surface area is 430 Å². The van der Waals surface area contributed by atoms with Crippen molar-refractivity contribution in [3.63, 3.8) is 0 Å². The number of para-hydroxylation sites is 3. The molecular weight excluding hydrogens is 899 g/mol. The third kappa shape index (κ3) is 7.25. The van der Waals surface area contributed by atoms with Gasteiger partial charge in [0.25, 0.3) is 0 Å². The van der Waals surface area contributed by atoms with E-state index >= 15 is 0 Å². The van der Waals surface area contributed by atoms with Crippen LogP contribution in [-0.4, -0.2) is 4.98 Å². The normalized spacial score (nSPS) is 12.6. The summed E-state index contributed by atoms with van der Waals surface area (Å²) in [4.78, 5) is 9.80. The van der Waals surface area contributed by atoms with Crippen molar-refractivity contribution >= 4 is 77.7 Å². The van der Waals surface area contributed by atoms with Crippen molar-refractivity contribution in [2.24, 2.45) is 0 Å². The van der Waals surface area contributed by atoms with Crippen LogP contribution in [0, 0.1) is 0 Å². The molecule has 0 atom stereocenters. The van der Waals surface area contributed by atoms with E-state index in [0.717, 1.165) is 111 Å². The Morgan fingerprint density at radius 2 is 0.919 bits per heavy atom. The minimum absolute atomic E-state index is 0.125. The highest BCUT2D eigenvalue weighted by Gasteiger charge is 2.36. The number of nitrogens with zero attached hydrogens (tertiary/aromatic N) is 3. The van der Waals surface area contributed by atoms with Crippen LogP contribution >= 0.6 is 0 Å². The van der Waals surface area contributed by atoms with Gasteiger partial charge in [0.05, 0.1) is 11.2 Å². The molecule has 0 amide bonds. The molecule has 0 radical (unpaired) electrons. The summed E-state index contributed by atoms with van der Waals surface area (Å²) in [5.41, 5.74) is 20.9. The second-order valence-electron chi connectivity index (χ2n) is 20.0. The molecule has 0 unspecified atom stereocenters. The van der Waals surface area contributed by atoms with Crippen LogP contribution in [0.1, 0.15) is 25.0 Å². The molecular formula is C70H49N3O. The summed E-state index contributed by atoms with van der Waals surface area (Å²) < 4.78 is 6.34. The van der Waals surface area contributed by atoms with Crippen molar-refractivity contribution in [2.45, 2.75) is 19.3 Å². The van der Waals surface area contributed by atoms with Crippen molar-refractivity contribution in [1.29, 1.82) is 0 Å². The zero-order valence-corrected chi connectivity index (χ0v) is 41.1. The first-order chi connectivity index (χ1) is 36.4. The predicted octanol–water partition coefficient (Wildman–Crippen LogP) is 19.5. The zero-order valence-electron chi connectivity index (χ0n) is 41.1. The van der Waals surface area contributed by atoms with Crippen molar-refractivity contribution < 1.29 is 4.42 Å². The number of hydrogen-bond donors (Lipinski definition) is 0. The molecule has 0 saturated heterocycles. The number of pyridine rings is 1. The van der Waals surface area contributed by atoms with Crippen molar-refractivity contribution in [2.75, 3.05) is 9.80 Å². The smallest absolute Gasteiger partial charge is 0.135 e. The highest BCUT2D eigenvalue weighted by Crippen LogP contribution is 2.52. The summed E-state index contributed by atoms with van der Waals surface area (Å²) >= 11 is 0. The second kappa shape index (κ2) is 17.4. The van der Waals surface area contributed by atoms with E-state index < -0.39 is 0 Å². The van der Waals surface area contributed by atoms with Crippen molar-refractivity contribution in [3.05, 3.63) is 272 Å². The molecule has 350 valence electrons. The third-order valence-corrected chi connectivity index (χ3v) is 15.2.